The molecule has 0 saturated carbocycles. The van der Waals surface area contributed by atoms with Crippen LogP contribution in [-0.2, 0) is 0 Å². The molecule has 0 fully saturated rings. The molecule has 0 saturated heterocycles. The summed E-state index contributed by atoms with van der Waals surface area (Å²) in [7, 11) is 0. The molecule has 6 heteroatoms. The monoisotopic (exact) mass is 328 g/mol. The molecule has 0 bridgehead atoms. The van der Waals surface area contributed by atoms with E-state index in [9.17, 15) is 13.6 Å². The van der Waals surface area contributed by atoms with Crippen LogP contribution in [0.15, 0.2) is 10.5 Å². The number of carbonyl (C=O) groups excluding carboxylic acids is 1. The minimum Gasteiger partial charge on any atom is -0.507 e. The summed E-state index contributed by atoms with van der Waals surface area (Å²) < 4.78 is 25.6. The number of phenolic OH excluding ortho intramolecular Hbond substituents is 1. The topological polar surface area (TPSA) is 37.3 Å². The standard InChI is InChI=1S/C8H4Br2F2O2/c9-2-5(14)6-4(13)1-3(11)7(10)8(6)12/h1,13H,2H2. The fourth-order valence-electron chi connectivity index (χ4n) is 0.915. The number of halogens is 4. The molecule has 0 unspecified atom stereocenters. The Kier molecular flexibility index (Phi) is 3.60. The second-order valence-electron chi connectivity index (χ2n) is 2.44. The molecular weight excluding hydrogens is 326 g/mol. The first-order chi connectivity index (χ1) is 6.49. The minimum absolute atomic E-state index is 0.143. The first-order valence-electron chi connectivity index (χ1n) is 3.44. The third kappa shape index (κ3) is 1.95. The Labute approximate surface area is 95.2 Å². The first kappa shape index (κ1) is 11.6. The third-order valence-corrected chi connectivity index (χ3v) is 2.78. The summed E-state index contributed by atoms with van der Waals surface area (Å²) in [5, 5.41) is 9.01. The van der Waals surface area contributed by atoms with Gasteiger partial charge in [-0.2, -0.15) is 0 Å². The molecule has 1 N–H and O–H groups in total. The molecule has 0 aliphatic heterocycles. The van der Waals surface area contributed by atoms with Gasteiger partial charge < -0.3 is 5.11 Å². The van der Waals surface area contributed by atoms with Gasteiger partial charge in [0.25, 0.3) is 0 Å². The van der Waals surface area contributed by atoms with Crippen molar-refractivity contribution in [2.24, 2.45) is 0 Å². The number of hydrogen-bond acceptors (Lipinski definition) is 2. The molecule has 0 radical (unpaired) electrons. The van der Waals surface area contributed by atoms with Gasteiger partial charge in [-0.05, 0) is 15.9 Å². The van der Waals surface area contributed by atoms with Crippen molar-refractivity contribution in [3.63, 3.8) is 0 Å². The van der Waals surface area contributed by atoms with Gasteiger partial charge in [0.05, 0.1) is 15.4 Å². The molecule has 0 aliphatic carbocycles. The van der Waals surface area contributed by atoms with Crippen LogP contribution in [0.5, 0.6) is 5.75 Å². The van der Waals surface area contributed by atoms with E-state index in [1.54, 1.807) is 0 Å². The Morgan fingerprint density at radius 1 is 1.50 bits per heavy atom. The number of Topliss-reactive ketones (excluding diaryl/α,β-unsaturated/α-hetero) is 1. The minimum atomic E-state index is -1.09. The average Bonchev–Trinajstić information content (AvgIpc) is 2.14. The van der Waals surface area contributed by atoms with Crippen LogP contribution in [0.3, 0.4) is 0 Å². The van der Waals surface area contributed by atoms with Crippen molar-refractivity contribution < 1.29 is 18.7 Å². The Bertz CT molecular complexity index is 393. The molecule has 0 aromatic heterocycles. The summed E-state index contributed by atoms with van der Waals surface area (Å²) in [4.78, 5) is 11.1. The van der Waals surface area contributed by atoms with Crippen molar-refractivity contribution in [1.82, 2.24) is 0 Å². The zero-order chi connectivity index (χ0) is 10.9. The van der Waals surface area contributed by atoms with E-state index >= 15 is 0 Å². The number of hydrogen-bond donors (Lipinski definition) is 1. The smallest absolute Gasteiger partial charge is 0.180 e. The molecule has 0 aliphatic rings. The van der Waals surface area contributed by atoms with E-state index in [1.807, 2.05) is 0 Å². The van der Waals surface area contributed by atoms with Gasteiger partial charge in [0.1, 0.15) is 11.6 Å². The van der Waals surface area contributed by atoms with Crippen molar-refractivity contribution in [3.05, 3.63) is 27.7 Å². The van der Waals surface area contributed by atoms with Crippen molar-refractivity contribution in [2.45, 2.75) is 0 Å². The highest BCUT2D eigenvalue weighted by Gasteiger charge is 2.21. The molecule has 0 atom stereocenters. The zero-order valence-electron chi connectivity index (χ0n) is 6.65. The number of carbonyl (C=O) groups is 1. The molecule has 2 nitrogen and oxygen atoms in total. The summed E-state index contributed by atoms with van der Waals surface area (Å²) in [6.07, 6.45) is 0. The van der Waals surface area contributed by atoms with Gasteiger partial charge in [0, 0.05) is 6.07 Å². The number of alkyl halides is 1. The van der Waals surface area contributed by atoms with E-state index in [-0.39, 0.29) is 5.33 Å². The van der Waals surface area contributed by atoms with E-state index in [2.05, 4.69) is 31.9 Å². The number of rotatable bonds is 2. The number of ketones is 1. The number of benzene rings is 1. The van der Waals surface area contributed by atoms with Crippen LogP contribution in [0.2, 0.25) is 0 Å². The summed E-state index contributed by atoms with van der Waals surface area (Å²) >= 11 is 5.46. The second kappa shape index (κ2) is 4.35. The Morgan fingerprint density at radius 2 is 2.07 bits per heavy atom. The molecule has 1 rings (SSSR count). The molecule has 0 spiro atoms. The van der Waals surface area contributed by atoms with Crippen molar-refractivity contribution in [3.8, 4) is 5.75 Å². The van der Waals surface area contributed by atoms with E-state index in [1.165, 1.54) is 0 Å². The maximum atomic E-state index is 13.3. The lowest BCUT2D eigenvalue weighted by Crippen LogP contribution is -2.05. The van der Waals surface area contributed by atoms with Gasteiger partial charge in [-0.1, -0.05) is 15.9 Å². The lowest BCUT2D eigenvalue weighted by atomic mass is 10.1. The normalized spacial score (nSPS) is 10.3. The van der Waals surface area contributed by atoms with Gasteiger partial charge in [0.2, 0.25) is 0 Å². The fraction of sp³-hybridized carbons (Fsp3) is 0.125. The van der Waals surface area contributed by atoms with Crippen LogP contribution in [0, 0.1) is 11.6 Å². The van der Waals surface area contributed by atoms with E-state index in [0.29, 0.717) is 6.07 Å². The molecule has 14 heavy (non-hydrogen) atoms. The van der Waals surface area contributed by atoms with Crippen LogP contribution in [0.25, 0.3) is 0 Å². The predicted octanol–water partition coefficient (Wildman–Crippen LogP) is 3.01. The molecule has 0 heterocycles. The van der Waals surface area contributed by atoms with E-state index < -0.39 is 33.2 Å². The van der Waals surface area contributed by atoms with Crippen LogP contribution in [-0.4, -0.2) is 16.2 Å². The lowest BCUT2D eigenvalue weighted by Gasteiger charge is -2.05. The van der Waals surface area contributed by atoms with Crippen LogP contribution in [0.1, 0.15) is 10.4 Å². The molecule has 76 valence electrons. The zero-order valence-corrected chi connectivity index (χ0v) is 9.82. The van der Waals surface area contributed by atoms with Crippen molar-refractivity contribution >= 4 is 37.6 Å². The van der Waals surface area contributed by atoms with E-state index in [0.717, 1.165) is 0 Å². The molecular formula is C8H4Br2F2O2. The SMILES string of the molecule is O=C(CBr)c1c(O)cc(F)c(Br)c1F. The third-order valence-electron chi connectivity index (χ3n) is 1.54. The van der Waals surface area contributed by atoms with Crippen LogP contribution in [0.4, 0.5) is 8.78 Å². The summed E-state index contributed by atoms with van der Waals surface area (Å²) in [5.41, 5.74) is -0.518. The molecule has 1 aromatic rings. The maximum Gasteiger partial charge on any atom is 0.180 e. The Balaban J connectivity index is 3.44. The highest BCUT2D eigenvalue weighted by Crippen LogP contribution is 2.30. The highest BCUT2D eigenvalue weighted by molar-refractivity contribution is 9.10. The quantitative estimate of drug-likeness (QED) is 0.514. The van der Waals surface area contributed by atoms with Crippen molar-refractivity contribution in [1.29, 1.82) is 0 Å². The van der Waals surface area contributed by atoms with E-state index in [4.69, 9.17) is 5.11 Å². The molecule has 0 amide bonds. The largest absolute Gasteiger partial charge is 0.507 e. The summed E-state index contributed by atoms with van der Waals surface area (Å²) in [6, 6.07) is 0.684. The highest BCUT2D eigenvalue weighted by atomic mass is 79.9. The first-order valence-corrected chi connectivity index (χ1v) is 5.36. The maximum absolute atomic E-state index is 13.3. The fourth-order valence-corrected chi connectivity index (χ4v) is 1.51. The second-order valence-corrected chi connectivity index (χ2v) is 3.79. The number of phenols is 1. The van der Waals surface area contributed by atoms with Gasteiger partial charge in [-0.15, -0.1) is 0 Å². The number of aromatic hydroxyl groups is 1. The van der Waals surface area contributed by atoms with Crippen molar-refractivity contribution in [2.75, 3.05) is 5.33 Å². The predicted molar refractivity (Wildman–Crippen MR) is 53.8 cm³/mol. The van der Waals surface area contributed by atoms with Gasteiger partial charge in [0.15, 0.2) is 11.6 Å². The summed E-state index contributed by atoms with van der Waals surface area (Å²) in [6.45, 7) is 0. The van der Waals surface area contributed by atoms with Gasteiger partial charge in [-0.3, -0.25) is 4.79 Å². The Morgan fingerprint density at radius 3 is 2.57 bits per heavy atom. The van der Waals surface area contributed by atoms with Crippen LogP contribution >= 0.6 is 31.9 Å². The van der Waals surface area contributed by atoms with Gasteiger partial charge in [-0.25, -0.2) is 8.78 Å². The Hall–Kier alpha value is -0.490. The van der Waals surface area contributed by atoms with Gasteiger partial charge >= 0.3 is 0 Å². The lowest BCUT2D eigenvalue weighted by molar-refractivity contribution is 0.101. The summed E-state index contributed by atoms with van der Waals surface area (Å²) in [5.74, 6) is -3.40. The molecule has 1 aromatic carbocycles. The average molecular weight is 330 g/mol. The van der Waals surface area contributed by atoms with Crippen LogP contribution < -0.4 is 0 Å².